The SMILES string of the molecule is COCC1(COC)c2cccc3cccc(c23)C1(CCC(C)C)C(C)C. The summed E-state index contributed by atoms with van der Waals surface area (Å²) in [5.41, 5.74) is 2.78. The Bertz CT molecular complexity index is 751. The van der Waals surface area contributed by atoms with E-state index in [0.29, 0.717) is 25.0 Å². The standard InChI is InChI=1S/C24H34O2/c1-17(2)13-14-24(18(3)4)21-12-8-10-19-9-7-11-20(22(19)21)23(24,15-25-5)16-26-6/h7-12,17-18H,13-16H2,1-6H3. The van der Waals surface area contributed by atoms with E-state index in [9.17, 15) is 0 Å². The monoisotopic (exact) mass is 354 g/mol. The molecule has 0 aliphatic heterocycles. The maximum absolute atomic E-state index is 5.88. The molecule has 0 amide bonds. The normalized spacial score (nSPS) is 21.2. The molecule has 1 aliphatic carbocycles. The highest BCUT2D eigenvalue weighted by Crippen LogP contribution is 2.60. The van der Waals surface area contributed by atoms with E-state index in [1.165, 1.54) is 28.3 Å². The Kier molecular flexibility index (Phi) is 5.46. The van der Waals surface area contributed by atoms with Crippen LogP contribution < -0.4 is 0 Å². The van der Waals surface area contributed by atoms with Gasteiger partial charge in [-0.1, -0.05) is 70.5 Å². The predicted molar refractivity (Wildman–Crippen MR) is 110 cm³/mol. The van der Waals surface area contributed by atoms with Gasteiger partial charge in [0, 0.05) is 19.6 Å². The van der Waals surface area contributed by atoms with Crippen molar-refractivity contribution < 1.29 is 9.47 Å². The lowest BCUT2D eigenvalue weighted by Gasteiger charge is -2.50. The molecule has 0 saturated heterocycles. The van der Waals surface area contributed by atoms with Gasteiger partial charge in [-0.3, -0.25) is 0 Å². The van der Waals surface area contributed by atoms with Crippen LogP contribution in [0, 0.1) is 11.8 Å². The lowest BCUT2D eigenvalue weighted by atomic mass is 9.55. The van der Waals surface area contributed by atoms with Crippen molar-refractivity contribution >= 4 is 10.8 Å². The van der Waals surface area contributed by atoms with Gasteiger partial charge in [0.25, 0.3) is 0 Å². The van der Waals surface area contributed by atoms with E-state index in [1.807, 2.05) is 14.2 Å². The molecule has 2 nitrogen and oxygen atoms in total. The molecular formula is C24H34O2. The molecule has 0 aromatic heterocycles. The average Bonchev–Trinajstić information content (AvgIpc) is 2.83. The van der Waals surface area contributed by atoms with E-state index in [1.54, 1.807) is 0 Å². The Labute approximate surface area is 158 Å². The van der Waals surface area contributed by atoms with Crippen LogP contribution in [0.1, 0.15) is 51.7 Å². The fourth-order valence-electron chi connectivity index (χ4n) is 5.60. The molecular weight excluding hydrogens is 320 g/mol. The number of benzene rings is 2. The first-order valence-corrected chi connectivity index (χ1v) is 9.95. The molecule has 26 heavy (non-hydrogen) atoms. The third-order valence-corrected chi connectivity index (χ3v) is 6.64. The van der Waals surface area contributed by atoms with Gasteiger partial charge in [0.05, 0.1) is 18.6 Å². The topological polar surface area (TPSA) is 18.5 Å². The predicted octanol–water partition coefficient (Wildman–Crippen LogP) is 5.71. The number of hydrogen-bond acceptors (Lipinski definition) is 2. The number of hydrogen-bond donors (Lipinski definition) is 0. The van der Waals surface area contributed by atoms with Crippen molar-refractivity contribution in [3.05, 3.63) is 47.5 Å². The van der Waals surface area contributed by atoms with Crippen LogP contribution in [0.3, 0.4) is 0 Å². The molecule has 142 valence electrons. The minimum Gasteiger partial charge on any atom is -0.384 e. The quantitative estimate of drug-likeness (QED) is 0.604. The molecule has 0 N–H and O–H groups in total. The molecule has 0 heterocycles. The zero-order valence-electron chi connectivity index (χ0n) is 17.3. The summed E-state index contributed by atoms with van der Waals surface area (Å²) in [4.78, 5) is 0. The molecule has 2 heteroatoms. The second-order valence-electron chi connectivity index (χ2n) is 8.72. The van der Waals surface area contributed by atoms with Gasteiger partial charge in [0.1, 0.15) is 0 Å². The van der Waals surface area contributed by atoms with Crippen molar-refractivity contribution in [3.63, 3.8) is 0 Å². The summed E-state index contributed by atoms with van der Waals surface area (Å²) >= 11 is 0. The van der Waals surface area contributed by atoms with Crippen LogP contribution in [-0.2, 0) is 20.3 Å². The molecule has 1 aliphatic rings. The first-order valence-electron chi connectivity index (χ1n) is 9.95. The summed E-state index contributed by atoms with van der Waals surface area (Å²) in [6.07, 6.45) is 2.36. The largest absolute Gasteiger partial charge is 0.384 e. The van der Waals surface area contributed by atoms with Crippen molar-refractivity contribution in [2.75, 3.05) is 27.4 Å². The van der Waals surface area contributed by atoms with Gasteiger partial charge in [-0.05, 0) is 40.2 Å². The van der Waals surface area contributed by atoms with Crippen molar-refractivity contribution in [3.8, 4) is 0 Å². The summed E-state index contributed by atoms with van der Waals surface area (Å²) in [6, 6.07) is 13.6. The fourth-order valence-corrected chi connectivity index (χ4v) is 5.60. The van der Waals surface area contributed by atoms with Crippen LogP contribution in [0.15, 0.2) is 36.4 Å². The average molecular weight is 355 g/mol. The maximum Gasteiger partial charge on any atom is 0.0590 e. The van der Waals surface area contributed by atoms with Gasteiger partial charge in [-0.25, -0.2) is 0 Å². The Morgan fingerprint density at radius 1 is 0.846 bits per heavy atom. The lowest BCUT2D eigenvalue weighted by molar-refractivity contribution is -0.00858. The third kappa shape index (κ3) is 2.61. The summed E-state index contributed by atoms with van der Waals surface area (Å²) in [5.74, 6) is 1.17. The third-order valence-electron chi connectivity index (χ3n) is 6.64. The second-order valence-corrected chi connectivity index (χ2v) is 8.72. The van der Waals surface area contributed by atoms with Crippen LogP contribution in [-0.4, -0.2) is 27.4 Å². The van der Waals surface area contributed by atoms with Gasteiger partial charge in [0.15, 0.2) is 0 Å². The maximum atomic E-state index is 5.88. The van der Waals surface area contributed by atoms with Crippen LogP contribution in [0.4, 0.5) is 0 Å². The van der Waals surface area contributed by atoms with E-state index < -0.39 is 0 Å². The zero-order valence-corrected chi connectivity index (χ0v) is 17.3. The van der Waals surface area contributed by atoms with Crippen LogP contribution in [0.25, 0.3) is 10.8 Å². The van der Waals surface area contributed by atoms with Gasteiger partial charge in [-0.15, -0.1) is 0 Å². The molecule has 0 fully saturated rings. The van der Waals surface area contributed by atoms with Crippen molar-refractivity contribution in [1.29, 1.82) is 0 Å². The molecule has 3 rings (SSSR count). The van der Waals surface area contributed by atoms with Crippen molar-refractivity contribution in [1.82, 2.24) is 0 Å². The number of ether oxygens (including phenoxy) is 2. The molecule has 0 spiro atoms. The minimum atomic E-state index is -0.150. The highest BCUT2D eigenvalue weighted by molar-refractivity contribution is 5.94. The van der Waals surface area contributed by atoms with Gasteiger partial charge < -0.3 is 9.47 Å². The molecule has 0 saturated carbocycles. The van der Waals surface area contributed by atoms with Gasteiger partial charge in [0.2, 0.25) is 0 Å². The first-order chi connectivity index (χ1) is 12.4. The summed E-state index contributed by atoms with van der Waals surface area (Å²) in [7, 11) is 3.65. The molecule has 2 aromatic rings. The number of methoxy groups -OCH3 is 2. The van der Waals surface area contributed by atoms with Crippen LogP contribution >= 0.6 is 0 Å². The second kappa shape index (κ2) is 7.32. The lowest BCUT2D eigenvalue weighted by Crippen LogP contribution is -2.55. The van der Waals surface area contributed by atoms with E-state index in [0.717, 1.165) is 6.42 Å². The minimum absolute atomic E-state index is 0.0203. The Hall–Kier alpha value is -1.38. The van der Waals surface area contributed by atoms with Crippen molar-refractivity contribution in [2.45, 2.75) is 51.4 Å². The van der Waals surface area contributed by atoms with Crippen molar-refractivity contribution in [2.24, 2.45) is 11.8 Å². The van der Waals surface area contributed by atoms with E-state index in [-0.39, 0.29) is 10.8 Å². The number of rotatable bonds is 8. The smallest absolute Gasteiger partial charge is 0.0590 e. The van der Waals surface area contributed by atoms with E-state index >= 15 is 0 Å². The summed E-state index contributed by atoms with van der Waals surface area (Å²) < 4.78 is 11.8. The first kappa shape index (κ1) is 19.4. The highest BCUT2D eigenvalue weighted by atomic mass is 16.5. The van der Waals surface area contributed by atoms with Crippen LogP contribution in [0.5, 0.6) is 0 Å². The van der Waals surface area contributed by atoms with Gasteiger partial charge in [-0.2, -0.15) is 0 Å². The fraction of sp³-hybridized carbons (Fsp3) is 0.583. The van der Waals surface area contributed by atoms with E-state index in [4.69, 9.17) is 9.47 Å². The van der Waals surface area contributed by atoms with Crippen LogP contribution in [0.2, 0.25) is 0 Å². The summed E-state index contributed by atoms with van der Waals surface area (Å²) in [6.45, 7) is 10.8. The Balaban J connectivity index is 2.36. The highest BCUT2D eigenvalue weighted by Gasteiger charge is 2.59. The molecule has 1 unspecified atom stereocenters. The molecule has 0 bridgehead atoms. The van der Waals surface area contributed by atoms with E-state index in [2.05, 4.69) is 64.1 Å². The zero-order chi connectivity index (χ0) is 18.9. The molecule has 0 radical (unpaired) electrons. The van der Waals surface area contributed by atoms with Gasteiger partial charge >= 0.3 is 0 Å². The Morgan fingerprint density at radius 2 is 1.42 bits per heavy atom. The molecule has 2 aromatic carbocycles. The molecule has 1 atom stereocenters. The summed E-state index contributed by atoms with van der Waals surface area (Å²) in [5, 5.41) is 2.77. The Morgan fingerprint density at radius 3 is 1.92 bits per heavy atom.